The quantitative estimate of drug-likeness (QED) is 0.510. The minimum Gasteiger partial charge on any atom is -0.489 e. The van der Waals surface area contributed by atoms with E-state index in [1.165, 1.54) is 5.56 Å². The monoisotopic (exact) mass is 420 g/mol. The van der Waals surface area contributed by atoms with Gasteiger partial charge in [0.15, 0.2) is 0 Å². The molecule has 1 atom stereocenters. The number of aliphatic hydroxyl groups excluding tert-OH is 1. The van der Waals surface area contributed by atoms with Crippen LogP contribution in [-0.4, -0.2) is 30.8 Å². The highest BCUT2D eigenvalue weighted by Crippen LogP contribution is 2.15. The largest absolute Gasteiger partial charge is 0.489 e. The van der Waals surface area contributed by atoms with Gasteiger partial charge in [0, 0.05) is 31.2 Å². The van der Waals surface area contributed by atoms with Gasteiger partial charge >= 0.3 is 0 Å². The number of benzene rings is 2. The highest BCUT2D eigenvalue weighted by molar-refractivity contribution is 6.30. The van der Waals surface area contributed by atoms with E-state index in [0.29, 0.717) is 13.2 Å². The first-order valence-corrected chi connectivity index (χ1v) is 8.57. The normalized spacial score (nSPS) is 11.2. The molecule has 0 spiro atoms. The Morgan fingerprint density at radius 3 is 2.12 bits per heavy atom. The molecule has 0 aliphatic rings. The van der Waals surface area contributed by atoms with Crippen LogP contribution in [0, 0.1) is 0 Å². The Morgan fingerprint density at radius 2 is 1.50 bits per heavy atom. The second-order valence-corrected chi connectivity index (χ2v) is 6.23. The van der Waals surface area contributed by atoms with Crippen molar-refractivity contribution in [2.45, 2.75) is 26.2 Å². The Labute approximate surface area is 173 Å². The van der Waals surface area contributed by atoms with E-state index in [9.17, 15) is 0 Å². The number of hydrogen-bond donors (Lipinski definition) is 3. The van der Waals surface area contributed by atoms with Gasteiger partial charge in [0.25, 0.3) is 0 Å². The van der Waals surface area contributed by atoms with Gasteiger partial charge in [-0.25, -0.2) is 0 Å². The zero-order valence-corrected chi connectivity index (χ0v) is 17.2. The summed E-state index contributed by atoms with van der Waals surface area (Å²) in [5, 5.41) is 16.4. The fraction of sp³-hybridized carbons (Fsp3) is 0.368. The number of halogens is 3. The van der Waals surface area contributed by atoms with Gasteiger partial charge in [0.1, 0.15) is 12.4 Å². The average molecular weight is 422 g/mol. The summed E-state index contributed by atoms with van der Waals surface area (Å²) in [7, 11) is 0. The van der Waals surface area contributed by atoms with E-state index in [0.717, 1.165) is 36.0 Å². The van der Waals surface area contributed by atoms with E-state index in [2.05, 4.69) is 22.8 Å². The van der Waals surface area contributed by atoms with Crippen LogP contribution in [0.4, 0.5) is 0 Å². The lowest BCUT2D eigenvalue weighted by atomic mass is 10.2. The van der Waals surface area contributed by atoms with Gasteiger partial charge in [-0.05, 0) is 42.3 Å². The average Bonchev–Trinajstić information content (AvgIpc) is 2.58. The molecule has 7 heteroatoms. The molecule has 0 aliphatic heterocycles. The summed E-state index contributed by atoms with van der Waals surface area (Å²) in [5.41, 5.74) is 2.30. The molecule has 0 heterocycles. The van der Waals surface area contributed by atoms with Gasteiger partial charge in [-0.2, -0.15) is 0 Å². The maximum atomic E-state index is 9.14. The van der Waals surface area contributed by atoms with Crippen molar-refractivity contribution in [3.8, 4) is 5.75 Å². The molecule has 0 fully saturated rings. The molecule has 0 aromatic heterocycles. The minimum atomic E-state index is -0.301. The van der Waals surface area contributed by atoms with Gasteiger partial charge in [0.2, 0.25) is 0 Å². The highest BCUT2D eigenvalue weighted by atomic mass is 35.5. The summed E-state index contributed by atoms with van der Waals surface area (Å²) < 4.78 is 5.77. The van der Waals surface area contributed by atoms with Crippen LogP contribution >= 0.6 is 36.4 Å². The van der Waals surface area contributed by atoms with Crippen LogP contribution in [0.2, 0.25) is 5.02 Å². The molecule has 0 bridgehead atoms. The summed E-state index contributed by atoms with van der Waals surface area (Å²) in [6.45, 7) is 5.45. The second-order valence-electron chi connectivity index (χ2n) is 5.79. The van der Waals surface area contributed by atoms with Crippen LogP contribution in [0.5, 0.6) is 5.75 Å². The smallest absolute Gasteiger partial charge is 0.119 e. The van der Waals surface area contributed by atoms with Gasteiger partial charge in [0.05, 0.1) is 6.10 Å². The Balaban J connectivity index is 0.00000312. The molecule has 0 saturated heterocycles. The standard InChI is InChI=1S/C19H25ClN2O2.2ClH/c1-15(23)12-21-10-11-22-13-16-4-8-19(9-5-16)24-14-17-2-6-18(20)7-3-17;;/h2-9,15,21-23H,10-14H2,1H3;2*1H. The molecule has 146 valence electrons. The van der Waals surface area contributed by atoms with Crippen LogP contribution in [-0.2, 0) is 13.2 Å². The van der Waals surface area contributed by atoms with E-state index in [1.807, 2.05) is 36.4 Å². The van der Waals surface area contributed by atoms with Crippen LogP contribution < -0.4 is 15.4 Å². The van der Waals surface area contributed by atoms with E-state index in [4.69, 9.17) is 21.4 Å². The molecule has 0 amide bonds. The van der Waals surface area contributed by atoms with Crippen molar-refractivity contribution in [2.75, 3.05) is 19.6 Å². The SMILES string of the molecule is CC(O)CNCCNCc1ccc(OCc2ccc(Cl)cc2)cc1.Cl.Cl. The third-order valence-electron chi connectivity index (χ3n) is 3.49. The number of aliphatic hydroxyl groups is 1. The Morgan fingerprint density at radius 1 is 0.923 bits per heavy atom. The molecule has 2 rings (SSSR count). The molecule has 2 aromatic carbocycles. The topological polar surface area (TPSA) is 53.5 Å². The lowest BCUT2D eigenvalue weighted by Gasteiger charge is -2.09. The predicted molar refractivity (Wildman–Crippen MR) is 113 cm³/mol. The molecule has 0 radical (unpaired) electrons. The van der Waals surface area contributed by atoms with Crippen LogP contribution in [0.1, 0.15) is 18.1 Å². The van der Waals surface area contributed by atoms with Crippen molar-refractivity contribution in [1.29, 1.82) is 0 Å². The first-order valence-electron chi connectivity index (χ1n) is 8.19. The number of nitrogens with one attached hydrogen (secondary N) is 2. The summed E-state index contributed by atoms with van der Waals surface area (Å²) in [4.78, 5) is 0. The fourth-order valence-corrected chi connectivity index (χ4v) is 2.30. The van der Waals surface area contributed by atoms with Crippen LogP contribution in [0.25, 0.3) is 0 Å². The zero-order chi connectivity index (χ0) is 17.2. The van der Waals surface area contributed by atoms with Crippen LogP contribution in [0.3, 0.4) is 0 Å². The second kappa shape index (κ2) is 14.1. The molecule has 3 N–H and O–H groups in total. The van der Waals surface area contributed by atoms with Crippen molar-refractivity contribution >= 4 is 36.4 Å². The highest BCUT2D eigenvalue weighted by Gasteiger charge is 1.98. The van der Waals surface area contributed by atoms with Gasteiger partial charge in [-0.1, -0.05) is 35.9 Å². The summed E-state index contributed by atoms with van der Waals surface area (Å²) in [5.74, 6) is 0.854. The summed E-state index contributed by atoms with van der Waals surface area (Å²) in [6, 6.07) is 15.8. The number of hydrogen-bond acceptors (Lipinski definition) is 4. The van der Waals surface area contributed by atoms with Crippen LogP contribution in [0.15, 0.2) is 48.5 Å². The van der Waals surface area contributed by atoms with Crippen molar-refractivity contribution in [3.63, 3.8) is 0 Å². The molecule has 1 unspecified atom stereocenters. The first kappa shape index (κ1) is 25.0. The number of ether oxygens (including phenoxy) is 1. The molecule has 0 aliphatic carbocycles. The third kappa shape index (κ3) is 10.2. The molecule has 2 aromatic rings. The van der Waals surface area contributed by atoms with E-state index < -0.39 is 0 Å². The summed E-state index contributed by atoms with van der Waals surface area (Å²) >= 11 is 5.87. The zero-order valence-electron chi connectivity index (χ0n) is 14.8. The van der Waals surface area contributed by atoms with E-state index in [1.54, 1.807) is 6.92 Å². The van der Waals surface area contributed by atoms with Gasteiger partial charge < -0.3 is 20.5 Å². The van der Waals surface area contributed by atoms with Crippen molar-refractivity contribution in [3.05, 3.63) is 64.7 Å². The third-order valence-corrected chi connectivity index (χ3v) is 3.74. The Kier molecular flexibility index (Phi) is 13.6. The van der Waals surface area contributed by atoms with Crippen molar-refractivity contribution < 1.29 is 9.84 Å². The molecule has 26 heavy (non-hydrogen) atoms. The fourth-order valence-electron chi connectivity index (χ4n) is 2.17. The van der Waals surface area contributed by atoms with Gasteiger partial charge in [-0.3, -0.25) is 0 Å². The predicted octanol–water partition coefficient (Wildman–Crippen LogP) is 3.82. The van der Waals surface area contributed by atoms with Crippen molar-refractivity contribution in [2.24, 2.45) is 0 Å². The molecule has 0 saturated carbocycles. The maximum Gasteiger partial charge on any atom is 0.119 e. The number of rotatable bonds is 10. The molecular formula is C19H27Cl3N2O2. The lowest BCUT2D eigenvalue weighted by Crippen LogP contribution is -2.31. The summed E-state index contributed by atoms with van der Waals surface area (Å²) in [6.07, 6.45) is -0.301. The molecular weight excluding hydrogens is 395 g/mol. The lowest BCUT2D eigenvalue weighted by molar-refractivity contribution is 0.191. The van der Waals surface area contributed by atoms with E-state index >= 15 is 0 Å². The Hall–Kier alpha value is -1.01. The molecule has 4 nitrogen and oxygen atoms in total. The first-order chi connectivity index (χ1) is 11.6. The maximum absolute atomic E-state index is 9.14. The minimum absolute atomic E-state index is 0. The van der Waals surface area contributed by atoms with Gasteiger partial charge in [-0.15, -0.1) is 24.8 Å². The van der Waals surface area contributed by atoms with Crippen molar-refractivity contribution in [1.82, 2.24) is 10.6 Å². The van der Waals surface area contributed by atoms with E-state index in [-0.39, 0.29) is 30.9 Å². The Bertz CT molecular complexity index is 593.